The normalized spacial score (nSPS) is 12.7. The van der Waals surface area contributed by atoms with Gasteiger partial charge in [-0.1, -0.05) is 42.5 Å². The van der Waals surface area contributed by atoms with Gasteiger partial charge in [0.15, 0.2) is 0 Å². The van der Waals surface area contributed by atoms with Crippen LogP contribution in [0.2, 0.25) is 0 Å². The van der Waals surface area contributed by atoms with Crippen molar-refractivity contribution in [1.29, 1.82) is 0 Å². The molecule has 0 spiro atoms. The van der Waals surface area contributed by atoms with E-state index in [1.165, 1.54) is 0 Å². The van der Waals surface area contributed by atoms with Crippen molar-refractivity contribution in [3.05, 3.63) is 65.7 Å². The highest BCUT2D eigenvalue weighted by atomic mass is 16.6. The molecule has 0 aliphatic heterocycles. The van der Waals surface area contributed by atoms with E-state index in [0.717, 1.165) is 11.3 Å². The Morgan fingerprint density at radius 3 is 2.19 bits per heavy atom. The van der Waals surface area contributed by atoms with Crippen molar-refractivity contribution in [3.63, 3.8) is 0 Å². The zero-order valence-electron chi connectivity index (χ0n) is 21.1. The van der Waals surface area contributed by atoms with Crippen LogP contribution in [0, 0.1) is 5.92 Å². The Bertz CT molecular complexity index is 1020. The fourth-order valence-electron chi connectivity index (χ4n) is 3.54. The molecule has 2 aromatic carbocycles. The van der Waals surface area contributed by atoms with Gasteiger partial charge in [0.25, 0.3) is 0 Å². The van der Waals surface area contributed by atoms with Crippen LogP contribution in [0.4, 0.5) is 10.5 Å². The number of nitrogens with one attached hydrogen (secondary N) is 1. The maximum absolute atomic E-state index is 12.2. The molecule has 0 aliphatic carbocycles. The summed E-state index contributed by atoms with van der Waals surface area (Å²) in [4.78, 5) is 49.7. The van der Waals surface area contributed by atoms with Crippen LogP contribution >= 0.6 is 0 Å². The lowest BCUT2D eigenvalue weighted by Gasteiger charge is -2.25. The molecule has 1 amide bonds. The number of carbonyl (C=O) groups is 4. The van der Waals surface area contributed by atoms with Gasteiger partial charge < -0.3 is 29.6 Å². The largest absolute Gasteiger partial charge is 0.481 e. The van der Waals surface area contributed by atoms with Crippen molar-refractivity contribution in [2.75, 3.05) is 18.1 Å². The Hall–Kier alpha value is -3.88. The number of anilines is 1. The van der Waals surface area contributed by atoms with Crippen LogP contribution in [0.1, 0.15) is 38.8 Å². The van der Waals surface area contributed by atoms with Gasteiger partial charge in [0, 0.05) is 12.2 Å². The van der Waals surface area contributed by atoms with Crippen LogP contribution in [-0.2, 0) is 36.8 Å². The summed E-state index contributed by atoms with van der Waals surface area (Å²) >= 11 is 0. The van der Waals surface area contributed by atoms with Crippen LogP contribution < -0.4 is 10.2 Å². The van der Waals surface area contributed by atoms with Crippen molar-refractivity contribution in [1.82, 2.24) is 5.32 Å². The molecule has 0 aliphatic rings. The number of ether oxygens (including phenoxy) is 2. The summed E-state index contributed by atoms with van der Waals surface area (Å²) < 4.78 is 10.3. The fraction of sp³-hybridized carbons (Fsp3) is 0.407. The van der Waals surface area contributed by atoms with Gasteiger partial charge >= 0.3 is 18.0 Å². The minimum Gasteiger partial charge on any atom is -0.481 e. The first-order valence-electron chi connectivity index (χ1n) is 11.7. The monoisotopic (exact) mass is 498 g/mol. The third kappa shape index (κ3) is 9.40. The maximum Gasteiger partial charge on any atom is 0.408 e. The van der Waals surface area contributed by atoms with Gasteiger partial charge in [0.1, 0.15) is 24.5 Å². The summed E-state index contributed by atoms with van der Waals surface area (Å²) in [5.41, 5.74) is 1.63. The molecule has 0 aromatic heterocycles. The molecule has 194 valence electrons. The molecule has 36 heavy (non-hydrogen) atoms. The number of carbonyl (C=O) groups excluding carboxylic acids is 3. The number of hydrogen-bond acceptors (Lipinski definition) is 7. The first-order chi connectivity index (χ1) is 17.0. The second-order valence-electron chi connectivity index (χ2n) is 9.27. The van der Waals surface area contributed by atoms with Gasteiger partial charge in [-0.2, -0.15) is 0 Å². The average Bonchev–Trinajstić information content (AvgIpc) is 2.81. The summed E-state index contributed by atoms with van der Waals surface area (Å²) in [6, 6.07) is 15.5. The van der Waals surface area contributed by atoms with Gasteiger partial charge in [0.05, 0.1) is 12.5 Å². The molecule has 0 bridgehead atoms. The van der Waals surface area contributed by atoms with Crippen molar-refractivity contribution < 1.29 is 33.8 Å². The highest BCUT2D eigenvalue weighted by molar-refractivity contribution is 5.81. The van der Waals surface area contributed by atoms with E-state index in [1.54, 1.807) is 52.0 Å². The molecule has 2 N–H and O–H groups in total. The predicted molar refractivity (Wildman–Crippen MR) is 135 cm³/mol. The Labute approximate surface area is 211 Å². The molecule has 9 nitrogen and oxygen atoms in total. The first-order valence-corrected chi connectivity index (χ1v) is 11.7. The van der Waals surface area contributed by atoms with E-state index < -0.39 is 29.6 Å². The zero-order chi connectivity index (χ0) is 26.7. The standard InChI is InChI=1S/C27H34N2O7/c1-5-35-24(31)17-29(16-20-9-7-6-8-10-20)21-13-11-19(12-14-21)15-22(25(32)33)23(18-30)28-26(34)36-27(2,3)4/h6-14,18,22-23H,5,15-17H2,1-4H3,(H,28,34)(H,32,33). The van der Waals surface area contributed by atoms with E-state index in [4.69, 9.17) is 9.47 Å². The van der Waals surface area contributed by atoms with E-state index in [0.29, 0.717) is 18.4 Å². The number of carboxylic acids is 1. The molecule has 0 radical (unpaired) electrons. The minimum absolute atomic E-state index is 0.00534. The van der Waals surface area contributed by atoms with E-state index in [-0.39, 0.29) is 25.5 Å². The molecule has 2 rings (SSSR count). The Balaban J connectivity index is 2.18. The number of carboxylic acid groups (broad SMARTS) is 1. The molecule has 2 unspecified atom stereocenters. The Morgan fingerprint density at radius 1 is 1.03 bits per heavy atom. The summed E-state index contributed by atoms with van der Waals surface area (Å²) in [5.74, 6) is -2.77. The van der Waals surface area contributed by atoms with Crippen LogP contribution in [0.15, 0.2) is 54.6 Å². The van der Waals surface area contributed by atoms with Crippen LogP contribution in [0.3, 0.4) is 0 Å². The fourth-order valence-corrected chi connectivity index (χ4v) is 3.54. The third-order valence-electron chi connectivity index (χ3n) is 5.18. The Kier molecular flexibility index (Phi) is 10.5. The SMILES string of the molecule is CCOC(=O)CN(Cc1ccccc1)c1ccc(CC(C(=O)O)C(C=O)NC(=O)OC(C)(C)C)cc1. The lowest BCUT2D eigenvalue weighted by atomic mass is 9.92. The zero-order valence-corrected chi connectivity index (χ0v) is 21.1. The maximum atomic E-state index is 12.2. The predicted octanol–water partition coefficient (Wildman–Crippen LogP) is 3.59. The number of nitrogens with zero attached hydrogens (tertiary/aromatic N) is 1. The molecular formula is C27H34N2O7. The highest BCUT2D eigenvalue weighted by Gasteiger charge is 2.31. The first kappa shape index (κ1) is 28.4. The second-order valence-corrected chi connectivity index (χ2v) is 9.27. The molecule has 0 saturated carbocycles. The average molecular weight is 499 g/mol. The topological polar surface area (TPSA) is 122 Å². The number of aliphatic carboxylic acids is 1. The van der Waals surface area contributed by atoms with Crippen LogP contribution in [0.25, 0.3) is 0 Å². The van der Waals surface area contributed by atoms with Crippen molar-refractivity contribution in [2.24, 2.45) is 5.92 Å². The van der Waals surface area contributed by atoms with E-state index in [1.807, 2.05) is 35.2 Å². The summed E-state index contributed by atoms with van der Waals surface area (Å²) in [6.07, 6.45) is -0.458. The van der Waals surface area contributed by atoms with Crippen molar-refractivity contribution >= 4 is 30.0 Å². The lowest BCUT2D eigenvalue weighted by molar-refractivity contribution is -0.144. The van der Waals surface area contributed by atoms with Gasteiger partial charge in [-0.3, -0.25) is 9.59 Å². The molecule has 2 aromatic rings. The third-order valence-corrected chi connectivity index (χ3v) is 5.18. The molecule has 0 fully saturated rings. The lowest BCUT2D eigenvalue weighted by Crippen LogP contribution is -2.47. The molecule has 0 saturated heterocycles. The van der Waals surface area contributed by atoms with E-state index in [9.17, 15) is 24.3 Å². The number of rotatable bonds is 12. The van der Waals surface area contributed by atoms with Gasteiger partial charge in [-0.05, 0) is 57.4 Å². The Morgan fingerprint density at radius 2 is 1.67 bits per heavy atom. The summed E-state index contributed by atoms with van der Waals surface area (Å²) in [5, 5.41) is 12.1. The molecule has 2 atom stereocenters. The number of esters is 1. The van der Waals surface area contributed by atoms with Crippen molar-refractivity contribution in [3.8, 4) is 0 Å². The number of aldehydes is 1. The van der Waals surface area contributed by atoms with Crippen LogP contribution in [-0.4, -0.2) is 54.2 Å². The summed E-state index contributed by atoms with van der Waals surface area (Å²) in [7, 11) is 0. The van der Waals surface area contributed by atoms with Gasteiger partial charge in [-0.25, -0.2) is 4.79 Å². The quantitative estimate of drug-likeness (QED) is 0.336. The van der Waals surface area contributed by atoms with Crippen LogP contribution in [0.5, 0.6) is 0 Å². The molecule has 0 heterocycles. The number of hydrogen-bond donors (Lipinski definition) is 2. The van der Waals surface area contributed by atoms with E-state index >= 15 is 0 Å². The highest BCUT2D eigenvalue weighted by Crippen LogP contribution is 2.21. The number of amides is 1. The minimum atomic E-state index is -1.27. The van der Waals surface area contributed by atoms with Crippen molar-refractivity contribution in [2.45, 2.75) is 52.3 Å². The van der Waals surface area contributed by atoms with Gasteiger partial charge in [-0.15, -0.1) is 0 Å². The second kappa shape index (κ2) is 13.3. The number of alkyl carbamates (subject to hydrolysis) is 1. The smallest absolute Gasteiger partial charge is 0.408 e. The van der Waals surface area contributed by atoms with E-state index in [2.05, 4.69) is 5.32 Å². The molecule has 9 heteroatoms. The molecular weight excluding hydrogens is 464 g/mol. The summed E-state index contributed by atoms with van der Waals surface area (Å²) in [6.45, 7) is 7.56. The van der Waals surface area contributed by atoms with Gasteiger partial charge in [0.2, 0.25) is 0 Å². The number of benzene rings is 2.